The third kappa shape index (κ3) is 5.18. The molecule has 8 heteroatoms. The van der Waals surface area contributed by atoms with Crippen LogP contribution in [-0.4, -0.2) is 11.9 Å². The minimum Gasteiger partial charge on any atom is -0.455 e. The van der Waals surface area contributed by atoms with Crippen LogP contribution >= 0.6 is 34.8 Å². The number of benzene rings is 3. The van der Waals surface area contributed by atoms with Crippen LogP contribution in [0.4, 0.5) is 10.5 Å². The van der Waals surface area contributed by atoms with Gasteiger partial charge in [-0.25, -0.2) is 4.79 Å². The molecule has 32 heavy (non-hydrogen) atoms. The van der Waals surface area contributed by atoms with Crippen molar-refractivity contribution in [3.8, 4) is 11.5 Å². The smallest absolute Gasteiger partial charge is 0.326 e. The van der Waals surface area contributed by atoms with Crippen LogP contribution in [0.15, 0.2) is 42.5 Å². The number of nitrogens with one attached hydrogen (secondary N) is 2. The highest BCUT2D eigenvalue weighted by Crippen LogP contribution is 2.39. The van der Waals surface area contributed by atoms with E-state index >= 15 is 0 Å². The third-order valence-electron chi connectivity index (χ3n) is 4.86. The molecule has 0 heterocycles. The molecular formula is C24H21Cl3N2O3. The molecule has 3 aromatic rings. The highest BCUT2D eigenvalue weighted by molar-refractivity contribution is 6.40. The summed E-state index contributed by atoms with van der Waals surface area (Å²) in [5, 5.41) is 5.52. The standard InChI is InChI=1S/C24H21Cl3N2O3/c1-12-8-9-19(13(2)10-12)32-22-14(3)11-18(15(4)21(22)27)28-24(31)29-23(30)20-16(25)6-5-7-17(20)26/h5-11H,1-4H3,(H2,28,29,30,31). The van der Waals surface area contributed by atoms with E-state index in [2.05, 4.69) is 10.6 Å². The summed E-state index contributed by atoms with van der Waals surface area (Å²) < 4.78 is 6.07. The first-order valence-electron chi connectivity index (χ1n) is 9.69. The van der Waals surface area contributed by atoms with Crippen molar-refractivity contribution in [3.63, 3.8) is 0 Å². The number of halogens is 3. The normalized spacial score (nSPS) is 10.6. The molecule has 0 saturated heterocycles. The lowest BCUT2D eigenvalue weighted by molar-refractivity contribution is 0.0967. The zero-order valence-electron chi connectivity index (χ0n) is 17.9. The molecule has 3 amide bonds. The van der Waals surface area contributed by atoms with Crippen molar-refractivity contribution in [2.75, 3.05) is 5.32 Å². The van der Waals surface area contributed by atoms with E-state index in [1.807, 2.05) is 39.0 Å². The molecule has 0 unspecified atom stereocenters. The Hall–Kier alpha value is -2.73. The molecule has 0 saturated carbocycles. The van der Waals surface area contributed by atoms with Gasteiger partial charge in [0.05, 0.1) is 20.6 Å². The van der Waals surface area contributed by atoms with E-state index in [0.29, 0.717) is 27.8 Å². The van der Waals surface area contributed by atoms with Crippen LogP contribution in [0.3, 0.4) is 0 Å². The van der Waals surface area contributed by atoms with Gasteiger partial charge in [0.2, 0.25) is 0 Å². The summed E-state index contributed by atoms with van der Waals surface area (Å²) in [5.74, 6) is 0.482. The van der Waals surface area contributed by atoms with E-state index in [0.717, 1.165) is 16.7 Å². The van der Waals surface area contributed by atoms with Crippen LogP contribution in [-0.2, 0) is 0 Å². The highest BCUT2D eigenvalue weighted by atomic mass is 35.5. The fraction of sp³-hybridized carbons (Fsp3) is 0.167. The van der Waals surface area contributed by atoms with Crippen molar-refractivity contribution in [2.24, 2.45) is 0 Å². The van der Waals surface area contributed by atoms with Gasteiger partial charge in [-0.15, -0.1) is 0 Å². The van der Waals surface area contributed by atoms with Gasteiger partial charge in [0.25, 0.3) is 5.91 Å². The minimum atomic E-state index is -0.743. The summed E-state index contributed by atoms with van der Waals surface area (Å²) in [4.78, 5) is 24.9. The third-order valence-corrected chi connectivity index (χ3v) is 5.94. The summed E-state index contributed by atoms with van der Waals surface area (Å²) in [7, 11) is 0. The number of hydrogen-bond acceptors (Lipinski definition) is 3. The topological polar surface area (TPSA) is 67.4 Å². The fourth-order valence-electron chi connectivity index (χ4n) is 3.16. The first-order valence-corrected chi connectivity index (χ1v) is 10.8. The second kappa shape index (κ2) is 9.82. The van der Waals surface area contributed by atoms with Gasteiger partial charge in [-0.05, 0) is 68.7 Å². The van der Waals surface area contributed by atoms with E-state index in [4.69, 9.17) is 39.5 Å². The Balaban J connectivity index is 1.80. The quantitative estimate of drug-likeness (QED) is 0.394. The maximum atomic E-state index is 12.4. The maximum Gasteiger partial charge on any atom is 0.326 e. The lowest BCUT2D eigenvalue weighted by Crippen LogP contribution is -2.34. The Kier molecular flexibility index (Phi) is 7.34. The summed E-state index contributed by atoms with van der Waals surface area (Å²) in [5.41, 5.74) is 3.89. The first-order chi connectivity index (χ1) is 15.1. The van der Waals surface area contributed by atoms with Crippen molar-refractivity contribution in [3.05, 3.63) is 85.3 Å². The van der Waals surface area contributed by atoms with Gasteiger partial charge < -0.3 is 10.1 Å². The monoisotopic (exact) mass is 490 g/mol. The summed E-state index contributed by atoms with van der Waals surface area (Å²) in [6.45, 7) is 7.54. The van der Waals surface area contributed by atoms with E-state index < -0.39 is 11.9 Å². The molecule has 0 fully saturated rings. The molecule has 0 aromatic heterocycles. The van der Waals surface area contributed by atoms with E-state index in [1.54, 1.807) is 19.1 Å². The number of anilines is 1. The van der Waals surface area contributed by atoms with Crippen LogP contribution in [0.25, 0.3) is 0 Å². The number of aryl methyl sites for hydroxylation is 3. The van der Waals surface area contributed by atoms with Gasteiger partial charge >= 0.3 is 6.03 Å². The number of imide groups is 1. The number of ether oxygens (including phenoxy) is 1. The predicted molar refractivity (Wildman–Crippen MR) is 130 cm³/mol. The molecule has 0 radical (unpaired) electrons. The van der Waals surface area contributed by atoms with Crippen LogP contribution in [0.1, 0.15) is 32.6 Å². The molecule has 0 atom stereocenters. The average Bonchev–Trinajstić information content (AvgIpc) is 2.70. The van der Waals surface area contributed by atoms with E-state index in [1.165, 1.54) is 12.1 Å². The lowest BCUT2D eigenvalue weighted by atomic mass is 10.1. The molecule has 3 aromatic carbocycles. The van der Waals surface area contributed by atoms with Crippen molar-refractivity contribution in [2.45, 2.75) is 27.7 Å². The largest absolute Gasteiger partial charge is 0.455 e. The first kappa shape index (κ1) is 23.9. The van der Waals surface area contributed by atoms with Crippen LogP contribution in [0.5, 0.6) is 11.5 Å². The lowest BCUT2D eigenvalue weighted by Gasteiger charge is -2.18. The van der Waals surface area contributed by atoms with Crippen LogP contribution < -0.4 is 15.4 Å². The van der Waals surface area contributed by atoms with Crippen molar-refractivity contribution in [1.82, 2.24) is 5.32 Å². The fourth-order valence-corrected chi connectivity index (χ4v) is 4.02. The van der Waals surface area contributed by atoms with Crippen LogP contribution in [0, 0.1) is 27.7 Å². The Morgan fingerprint density at radius 1 is 0.875 bits per heavy atom. The summed E-state index contributed by atoms with van der Waals surface area (Å²) in [6.07, 6.45) is 0. The predicted octanol–water partition coefficient (Wildman–Crippen LogP) is 7.63. The van der Waals surface area contributed by atoms with E-state index in [9.17, 15) is 9.59 Å². The summed E-state index contributed by atoms with van der Waals surface area (Å²) in [6, 6.07) is 11.5. The van der Waals surface area contributed by atoms with Gasteiger partial charge in [0.1, 0.15) is 11.5 Å². The molecule has 0 aliphatic carbocycles. The molecule has 0 aliphatic heterocycles. The van der Waals surface area contributed by atoms with E-state index in [-0.39, 0.29) is 15.6 Å². The van der Waals surface area contributed by atoms with Crippen molar-refractivity contribution >= 4 is 52.4 Å². The van der Waals surface area contributed by atoms with Gasteiger partial charge in [-0.1, -0.05) is 58.6 Å². The van der Waals surface area contributed by atoms with Gasteiger partial charge in [-0.3, -0.25) is 10.1 Å². The number of carbonyl (C=O) groups is 2. The Bertz CT molecular complexity index is 1210. The zero-order chi connectivity index (χ0) is 23.6. The molecule has 0 spiro atoms. The average molecular weight is 492 g/mol. The SMILES string of the molecule is Cc1ccc(Oc2c(C)cc(NC(=O)NC(=O)c3c(Cl)cccc3Cl)c(C)c2Cl)c(C)c1. The molecule has 2 N–H and O–H groups in total. The Morgan fingerprint density at radius 3 is 2.16 bits per heavy atom. The van der Waals surface area contributed by atoms with Gasteiger partial charge in [-0.2, -0.15) is 0 Å². The van der Waals surface area contributed by atoms with Crippen molar-refractivity contribution in [1.29, 1.82) is 0 Å². The molecule has 5 nitrogen and oxygen atoms in total. The zero-order valence-corrected chi connectivity index (χ0v) is 20.2. The number of urea groups is 1. The van der Waals surface area contributed by atoms with Gasteiger partial charge in [0, 0.05) is 5.69 Å². The number of hydrogen-bond donors (Lipinski definition) is 2. The number of carbonyl (C=O) groups excluding carboxylic acids is 2. The summed E-state index contributed by atoms with van der Waals surface area (Å²) >= 11 is 18.6. The van der Waals surface area contributed by atoms with Crippen LogP contribution in [0.2, 0.25) is 15.1 Å². The number of amides is 3. The minimum absolute atomic E-state index is 0.0223. The molecule has 0 aliphatic rings. The number of rotatable bonds is 4. The Labute approximate surface area is 201 Å². The van der Waals surface area contributed by atoms with Crippen molar-refractivity contribution < 1.29 is 14.3 Å². The second-order valence-electron chi connectivity index (χ2n) is 7.39. The van der Waals surface area contributed by atoms with Gasteiger partial charge in [0.15, 0.2) is 0 Å². The Morgan fingerprint density at radius 2 is 1.53 bits per heavy atom. The molecular weight excluding hydrogens is 471 g/mol. The molecule has 166 valence electrons. The maximum absolute atomic E-state index is 12.4. The highest BCUT2D eigenvalue weighted by Gasteiger charge is 2.20. The molecule has 0 bridgehead atoms. The molecule has 3 rings (SSSR count). The second-order valence-corrected chi connectivity index (χ2v) is 8.58.